The minimum Gasteiger partial charge on any atom is -0.444 e. The molecule has 1 unspecified atom stereocenters. The zero-order valence-corrected chi connectivity index (χ0v) is 15.0. The highest BCUT2D eigenvalue weighted by molar-refractivity contribution is 5.68. The molecule has 0 aromatic heterocycles. The van der Waals surface area contributed by atoms with Crippen LogP contribution in [0.25, 0.3) is 0 Å². The molecule has 4 nitrogen and oxygen atoms in total. The summed E-state index contributed by atoms with van der Waals surface area (Å²) in [4.78, 5) is 12.0. The first-order valence-corrected chi connectivity index (χ1v) is 8.51. The molecule has 1 atom stereocenters. The number of benzene rings is 1. The fraction of sp³-hybridized carbons (Fsp3) is 0.632. The average molecular weight is 318 g/mol. The molecule has 0 heterocycles. The van der Waals surface area contributed by atoms with Crippen LogP contribution in [0.1, 0.15) is 50.3 Å². The van der Waals surface area contributed by atoms with Gasteiger partial charge in [-0.2, -0.15) is 0 Å². The first-order valence-electron chi connectivity index (χ1n) is 8.51. The second-order valence-electron chi connectivity index (χ2n) is 7.65. The lowest BCUT2D eigenvalue weighted by molar-refractivity contribution is 0.0497. The fourth-order valence-electron chi connectivity index (χ4n) is 2.65. The molecule has 0 spiro atoms. The van der Waals surface area contributed by atoms with Crippen LogP contribution in [0.3, 0.4) is 0 Å². The average Bonchev–Trinajstić information content (AvgIpc) is 3.24. The van der Waals surface area contributed by atoms with Crippen molar-refractivity contribution in [3.05, 3.63) is 34.9 Å². The quantitative estimate of drug-likeness (QED) is 0.841. The van der Waals surface area contributed by atoms with E-state index < -0.39 is 5.60 Å². The summed E-state index contributed by atoms with van der Waals surface area (Å²) in [6, 6.07) is 6.66. The molecule has 1 aromatic rings. The normalized spacial score (nSPS) is 16.0. The van der Waals surface area contributed by atoms with E-state index in [1.807, 2.05) is 20.8 Å². The van der Waals surface area contributed by atoms with Crippen molar-refractivity contribution in [2.45, 2.75) is 65.6 Å². The number of amides is 1. The van der Waals surface area contributed by atoms with Gasteiger partial charge in [0, 0.05) is 19.1 Å². The third-order valence-corrected chi connectivity index (χ3v) is 4.08. The molecule has 0 bridgehead atoms. The fourth-order valence-corrected chi connectivity index (χ4v) is 2.65. The lowest BCUT2D eigenvalue weighted by Gasteiger charge is -2.24. The molecule has 1 saturated carbocycles. The predicted molar refractivity (Wildman–Crippen MR) is 93.5 cm³/mol. The van der Waals surface area contributed by atoms with Gasteiger partial charge in [0.1, 0.15) is 5.60 Å². The van der Waals surface area contributed by atoms with Crippen molar-refractivity contribution in [2.24, 2.45) is 5.92 Å². The molecule has 1 aliphatic rings. The van der Waals surface area contributed by atoms with Gasteiger partial charge in [0.05, 0.1) is 0 Å². The van der Waals surface area contributed by atoms with Crippen LogP contribution in [-0.4, -0.2) is 24.3 Å². The number of aryl methyl sites for hydroxylation is 2. The Labute approximate surface area is 140 Å². The number of hydrogen-bond acceptors (Lipinski definition) is 3. The van der Waals surface area contributed by atoms with E-state index in [-0.39, 0.29) is 12.1 Å². The van der Waals surface area contributed by atoms with E-state index in [1.54, 1.807) is 0 Å². The maximum absolute atomic E-state index is 12.0. The third-order valence-electron chi connectivity index (χ3n) is 4.08. The largest absolute Gasteiger partial charge is 0.444 e. The Bertz CT molecular complexity index is 545. The second-order valence-corrected chi connectivity index (χ2v) is 7.65. The van der Waals surface area contributed by atoms with Crippen LogP contribution < -0.4 is 10.6 Å². The first kappa shape index (κ1) is 17.8. The van der Waals surface area contributed by atoms with E-state index in [0.717, 1.165) is 13.1 Å². The summed E-state index contributed by atoms with van der Waals surface area (Å²) < 4.78 is 5.37. The van der Waals surface area contributed by atoms with Gasteiger partial charge in [-0.3, -0.25) is 0 Å². The topological polar surface area (TPSA) is 50.4 Å². The number of carbonyl (C=O) groups excluding carboxylic acids is 1. The highest BCUT2D eigenvalue weighted by atomic mass is 16.6. The van der Waals surface area contributed by atoms with Crippen LogP contribution in [0.15, 0.2) is 18.2 Å². The standard InChI is InChI=1S/C19H30N2O2/c1-13-6-7-14(2)16(10-13)11-20-12-17(15-8-9-15)21-18(22)23-19(3,4)5/h6-7,10,15,17,20H,8-9,11-12H2,1-5H3,(H,21,22). The van der Waals surface area contributed by atoms with Crippen LogP contribution in [-0.2, 0) is 11.3 Å². The molecule has 128 valence electrons. The molecule has 0 saturated heterocycles. The highest BCUT2D eigenvalue weighted by Crippen LogP contribution is 2.32. The Hall–Kier alpha value is -1.55. The number of nitrogens with one attached hydrogen (secondary N) is 2. The Morgan fingerprint density at radius 2 is 2.00 bits per heavy atom. The minimum absolute atomic E-state index is 0.148. The second kappa shape index (κ2) is 7.35. The zero-order chi connectivity index (χ0) is 17.0. The summed E-state index contributed by atoms with van der Waals surface area (Å²) >= 11 is 0. The number of rotatable bonds is 6. The maximum atomic E-state index is 12.0. The Balaban J connectivity index is 1.83. The SMILES string of the molecule is Cc1ccc(C)c(CNCC(NC(=O)OC(C)(C)C)C2CC2)c1. The van der Waals surface area contributed by atoms with Crippen molar-refractivity contribution in [2.75, 3.05) is 6.54 Å². The summed E-state index contributed by atoms with van der Waals surface area (Å²) in [5, 5.41) is 6.51. The predicted octanol–water partition coefficient (Wildman–Crippen LogP) is 3.70. The smallest absolute Gasteiger partial charge is 0.407 e. The molecule has 23 heavy (non-hydrogen) atoms. The number of ether oxygens (including phenoxy) is 1. The van der Waals surface area contributed by atoms with Gasteiger partial charge in [0.25, 0.3) is 0 Å². The van der Waals surface area contributed by atoms with Crippen molar-refractivity contribution in [3.8, 4) is 0 Å². The Morgan fingerprint density at radius 1 is 1.30 bits per heavy atom. The minimum atomic E-state index is -0.454. The van der Waals surface area contributed by atoms with E-state index in [4.69, 9.17) is 4.74 Å². The summed E-state index contributed by atoms with van der Waals surface area (Å²) in [5.41, 5.74) is 3.44. The Kier molecular flexibility index (Phi) is 5.69. The molecule has 1 aliphatic carbocycles. The van der Waals surface area contributed by atoms with Crippen LogP contribution in [0, 0.1) is 19.8 Å². The van der Waals surface area contributed by atoms with Crippen molar-refractivity contribution < 1.29 is 9.53 Å². The summed E-state index contributed by atoms with van der Waals surface area (Å²) in [7, 11) is 0. The molecule has 1 fully saturated rings. The van der Waals surface area contributed by atoms with E-state index >= 15 is 0 Å². The van der Waals surface area contributed by atoms with Crippen LogP contribution in [0.5, 0.6) is 0 Å². The van der Waals surface area contributed by atoms with Gasteiger partial charge in [-0.05, 0) is 64.5 Å². The van der Waals surface area contributed by atoms with Gasteiger partial charge in [-0.15, -0.1) is 0 Å². The van der Waals surface area contributed by atoms with Gasteiger partial charge >= 0.3 is 6.09 Å². The van der Waals surface area contributed by atoms with Gasteiger partial charge in [0.15, 0.2) is 0 Å². The van der Waals surface area contributed by atoms with Crippen molar-refractivity contribution in [1.82, 2.24) is 10.6 Å². The van der Waals surface area contributed by atoms with E-state index in [1.165, 1.54) is 29.5 Å². The summed E-state index contributed by atoms with van der Waals surface area (Å²) in [6.07, 6.45) is 2.06. The molecule has 2 N–H and O–H groups in total. The van der Waals surface area contributed by atoms with Gasteiger partial charge in [-0.1, -0.05) is 23.8 Å². The molecule has 0 aliphatic heterocycles. The highest BCUT2D eigenvalue weighted by Gasteiger charge is 2.33. The van der Waals surface area contributed by atoms with Crippen LogP contribution in [0.2, 0.25) is 0 Å². The van der Waals surface area contributed by atoms with Crippen molar-refractivity contribution in [3.63, 3.8) is 0 Å². The molecular formula is C19H30N2O2. The molecule has 1 amide bonds. The molecular weight excluding hydrogens is 288 g/mol. The maximum Gasteiger partial charge on any atom is 0.407 e. The third kappa shape index (κ3) is 6.22. The number of carbonyl (C=O) groups is 1. The lowest BCUT2D eigenvalue weighted by Crippen LogP contribution is -2.45. The molecule has 2 rings (SSSR count). The molecule has 4 heteroatoms. The van der Waals surface area contributed by atoms with Crippen LogP contribution >= 0.6 is 0 Å². The van der Waals surface area contributed by atoms with Gasteiger partial charge < -0.3 is 15.4 Å². The van der Waals surface area contributed by atoms with E-state index in [9.17, 15) is 4.79 Å². The van der Waals surface area contributed by atoms with E-state index in [2.05, 4.69) is 42.7 Å². The number of hydrogen-bond donors (Lipinski definition) is 2. The lowest BCUT2D eigenvalue weighted by atomic mass is 10.1. The summed E-state index contributed by atoms with van der Waals surface area (Å²) in [6.45, 7) is 11.5. The van der Waals surface area contributed by atoms with Gasteiger partial charge in [-0.25, -0.2) is 4.79 Å². The first-order chi connectivity index (χ1) is 10.7. The number of alkyl carbamates (subject to hydrolysis) is 1. The Morgan fingerprint density at radius 3 is 2.61 bits per heavy atom. The molecule has 1 aromatic carbocycles. The zero-order valence-electron chi connectivity index (χ0n) is 15.0. The summed E-state index contributed by atoms with van der Waals surface area (Å²) in [5.74, 6) is 0.577. The van der Waals surface area contributed by atoms with Crippen molar-refractivity contribution in [1.29, 1.82) is 0 Å². The van der Waals surface area contributed by atoms with E-state index in [0.29, 0.717) is 5.92 Å². The molecule has 0 radical (unpaired) electrons. The monoisotopic (exact) mass is 318 g/mol. The van der Waals surface area contributed by atoms with Gasteiger partial charge in [0.2, 0.25) is 0 Å². The van der Waals surface area contributed by atoms with Crippen molar-refractivity contribution >= 4 is 6.09 Å². The van der Waals surface area contributed by atoms with Crippen LogP contribution in [0.4, 0.5) is 4.79 Å².